The van der Waals surface area contributed by atoms with E-state index in [-0.39, 0.29) is 0 Å². The summed E-state index contributed by atoms with van der Waals surface area (Å²) in [6, 6.07) is 6.11. The van der Waals surface area contributed by atoms with Crippen molar-refractivity contribution in [2.24, 2.45) is 5.73 Å². The van der Waals surface area contributed by atoms with E-state index < -0.39 is 0 Å². The molecule has 2 aliphatic heterocycles. The molecule has 8 heteroatoms. The van der Waals surface area contributed by atoms with Gasteiger partial charge in [-0.3, -0.25) is 0 Å². The molecular weight excluding hydrogens is 402 g/mol. The van der Waals surface area contributed by atoms with Crippen LogP contribution < -0.4 is 5.73 Å². The van der Waals surface area contributed by atoms with Gasteiger partial charge in [0.2, 0.25) is 0 Å². The summed E-state index contributed by atoms with van der Waals surface area (Å²) in [4.78, 5) is 17.6. The number of rotatable bonds is 6. The third-order valence-corrected chi connectivity index (χ3v) is 6.65. The van der Waals surface area contributed by atoms with E-state index in [1.54, 1.807) is 0 Å². The molecule has 5 rings (SSSR count). The molecule has 0 aliphatic carbocycles. The van der Waals surface area contributed by atoms with E-state index in [1.165, 1.54) is 32.7 Å². The van der Waals surface area contributed by atoms with E-state index in [2.05, 4.69) is 49.7 Å². The summed E-state index contributed by atoms with van der Waals surface area (Å²) >= 11 is 0. The van der Waals surface area contributed by atoms with Gasteiger partial charge in [0.1, 0.15) is 5.52 Å². The fourth-order valence-corrected chi connectivity index (χ4v) is 4.39. The number of H-pyrrole nitrogens is 1. The molecule has 3 N–H and O–H groups in total. The summed E-state index contributed by atoms with van der Waals surface area (Å²) in [5, 5.41) is 1.14. The Morgan fingerprint density at radius 3 is 2.22 bits per heavy atom. The van der Waals surface area contributed by atoms with Crippen LogP contribution in [-0.4, -0.2) is 116 Å². The minimum absolute atomic E-state index is 0.826. The molecule has 2 fully saturated rings. The summed E-state index contributed by atoms with van der Waals surface area (Å²) in [5.41, 5.74) is 8.41. The first-order valence-corrected chi connectivity index (χ1v) is 12.0. The van der Waals surface area contributed by atoms with Crippen LogP contribution in [-0.2, 0) is 6.42 Å². The highest BCUT2D eigenvalue weighted by Crippen LogP contribution is 2.25. The SMILES string of the molecule is CN1CCN(CCCN)CC1.CN1CCN(CCc2nc3c(ccc4[nH]ccc43)o2)CC1. The Balaban J connectivity index is 0.000000189. The van der Waals surface area contributed by atoms with Crippen LogP contribution in [0.15, 0.2) is 28.8 Å². The van der Waals surface area contributed by atoms with Crippen LogP contribution in [0.25, 0.3) is 22.0 Å². The molecule has 2 aromatic heterocycles. The van der Waals surface area contributed by atoms with E-state index in [0.29, 0.717) is 0 Å². The molecule has 3 aromatic rings. The molecule has 0 atom stereocenters. The zero-order chi connectivity index (χ0) is 22.3. The predicted octanol–water partition coefficient (Wildman–Crippen LogP) is 1.68. The Morgan fingerprint density at radius 2 is 1.56 bits per heavy atom. The van der Waals surface area contributed by atoms with Crippen molar-refractivity contribution in [1.29, 1.82) is 0 Å². The van der Waals surface area contributed by atoms with Gasteiger partial charge >= 0.3 is 0 Å². The van der Waals surface area contributed by atoms with Gasteiger partial charge in [-0.15, -0.1) is 0 Å². The second-order valence-corrected chi connectivity index (χ2v) is 9.14. The molecule has 4 heterocycles. The van der Waals surface area contributed by atoms with Crippen molar-refractivity contribution in [3.63, 3.8) is 0 Å². The number of nitrogens with zero attached hydrogens (tertiary/aromatic N) is 5. The van der Waals surface area contributed by atoms with Crippen LogP contribution in [0.2, 0.25) is 0 Å². The summed E-state index contributed by atoms with van der Waals surface area (Å²) in [7, 11) is 4.36. The quantitative estimate of drug-likeness (QED) is 0.602. The van der Waals surface area contributed by atoms with Crippen molar-refractivity contribution in [1.82, 2.24) is 29.6 Å². The molecule has 0 amide bonds. The van der Waals surface area contributed by atoms with E-state index in [9.17, 15) is 0 Å². The van der Waals surface area contributed by atoms with E-state index in [1.807, 2.05) is 18.3 Å². The van der Waals surface area contributed by atoms with Crippen LogP contribution in [0.1, 0.15) is 12.3 Å². The average molecular weight is 442 g/mol. The van der Waals surface area contributed by atoms with Gasteiger partial charge in [0, 0.05) is 82.4 Å². The molecule has 32 heavy (non-hydrogen) atoms. The topological polar surface area (TPSA) is 80.8 Å². The van der Waals surface area contributed by atoms with Gasteiger partial charge < -0.3 is 34.7 Å². The van der Waals surface area contributed by atoms with Crippen LogP contribution in [0.4, 0.5) is 0 Å². The van der Waals surface area contributed by atoms with E-state index in [0.717, 1.165) is 80.0 Å². The second kappa shape index (κ2) is 11.2. The first-order chi connectivity index (χ1) is 15.6. The number of aromatic nitrogens is 2. The number of hydrogen-bond donors (Lipinski definition) is 2. The number of nitrogens with two attached hydrogens (primary N) is 1. The minimum atomic E-state index is 0.826. The molecule has 8 nitrogen and oxygen atoms in total. The van der Waals surface area contributed by atoms with Crippen LogP contribution >= 0.6 is 0 Å². The van der Waals surface area contributed by atoms with Gasteiger partial charge in [-0.1, -0.05) is 0 Å². The largest absolute Gasteiger partial charge is 0.441 e. The molecule has 0 saturated carbocycles. The zero-order valence-electron chi connectivity index (χ0n) is 19.7. The van der Waals surface area contributed by atoms with Crippen molar-refractivity contribution >= 4 is 22.0 Å². The lowest BCUT2D eigenvalue weighted by Gasteiger charge is -2.32. The number of aromatic amines is 1. The molecule has 176 valence electrons. The maximum absolute atomic E-state index is 5.90. The highest BCUT2D eigenvalue weighted by molar-refractivity contribution is 6.02. The number of hydrogen-bond acceptors (Lipinski definition) is 7. The van der Waals surface area contributed by atoms with Crippen LogP contribution in [0, 0.1) is 0 Å². The van der Waals surface area contributed by atoms with Crippen molar-refractivity contribution in [2.75, 3.05) is 86.1 Å². The van der Waals surface area contributed by atoms with Crippen molar-refractivity contribution in [3.05, 3.63) is 30.3 Å². The summed E-state index contributed by atoms with van der Waals surface area (Å²) < 4.78 is 5.90. The van der Waals surface area contributed by atoms with E-state index in [4.69, 9.17) is 10.2 Å². The first kappa shape index (κ1) is 23.2. The van der Waals surface area contributed by atoms with Crippen molar-refractivity contribution in [3.8, 4) is 0 Å². The number of piperazine rings is 2. The van der Waals surface area contributed by atoms with Crippen molar-refractivity contribution < 1.29 is 4.42 Å². The molecule has 2 aliphatic rings. The summed E-state index contributed by atoms with van der Waals surface area (Å²) in [6.07, 6.45) is 3.97. The Bertz CT molecular complexity index is 949. The van der Waals surface area contributed by atoms with Crippen LogP contribution in [0.5, 0.6) is 0 Å². The summed E-state index contributed by atoms with van der Waals surface area (Å²) in [6.45, 7) is 12.5. The number of fused-ring (bicyclic) bond motifs is 3. The van der Waals surface area contributed by atoms with Gasteiger partial charge in [-0.25, -0.2) is 4.98 Å². The third kappa shape index (κ3) is 6.08. The normalized spacial score (nSPS) is 19.5. The highest BCUT2D eigenvalue weighted by atomic mass is 16.3. The first-order valence-electron chi connectivity index (χ1n) is 12.0. The molecular formula is C24H39N7O. The smallest absolute Gasteiger partial charge is 0.196 e. The lowest BCUT2D eigenvalue weighted by atomic mass is 10.2. The second-order valence-electron chi connectivity index (χ2n) is 9.14. The minimum Gasteiger partial charge on any atom is -0.441 e. The van der Waals surface area contributed by atoms with Gasteiger partial charge in [-0.05, 0) is 51.8 Å². The van der Waals surface area contributed by atoms with Crippen LogP contribution in [0.3, 0.4) is 0 Å². The fraction of sp³-hybridized carbons (Fsp3) is 0.625. The standard InChI is InChI=1S/C16H20N4O.C8H19N3/c1-19-8-10-20(11-9-19)7-5-15-18-16-12-4-6-17-13(12)2-3-14(16)21-15;1-10-5-7-11(8-6-10)4-2-3-9/h2-4,6,17H,5,7-11H2,1H3;2-9H2,1H3. The van der Waals surface area contributed by atoms with Gasteiger partial charge in [-0.2, -0.15) is 0 Å². The number of benzene rings is 1. The molecule has 2 saturated heterocycles. The van der Waals surface area contributed by atoms with Gasteiger partial charge in [0.15, 0.2) is 11.5 Å². The maximum Gasteiger partial charge on any atom is 0.196 e. The Morgan fingerprint density at radius 1 is 0.906 bits per heavy atom. The monoisotopic (exact) mass is 441 g/mol. The Hall–Kier alpha value is -1.97. The number of oxazole rings is 1. The Kier molecular flexibility index (Phi) is 8.15. The maximum atomic E-state index is 5.90. The van der Waals surface area contributed by atoms with E-state index >= 15 is 0 Å². The fourth-order valence-electron chi connectivity index (χ4n) is 4.39. The lowest BCUT2D eigenvalue weighted by Crippen LogP contribution is -2.45. The predicted molar refractivity (Wildman–Crippen MR) is 131 cm³/mol. The Labute approximate surface area is 191 Å². The van der Waals surface area contributed by atoms with Gasteiger partial charge in [0.25, 0.3) is 0 Å². The highest BCUT2D eigenvalue weighted by Gasteiger charge is 2.15. The summed E-state index contributed by atoms with van der Waals surface area (Å²) in [5.74, 6) is 0.845. The molecule has 0 radical (unpaired) electrons. The third-order valence-electron chi connectivity index (χ3n) is 6.65. The number of likely N-dealkylation sites (N-methyl/N-ethyl adjacent to an activating group) is 2. The lowest BCUT2D eigenvalue weighted by molar-refractivity contribution is 0.153. The molecule has 1 aromatic carbocycles. The average Bonchev–Trinajstić information content (AvgIpc) is 3.45. The van der Waals surface area contributed by atoms with Crippen molar-refractivity contribution in [2.45, 2.75) is 12.8 Å². The zero-order valence-corrected chi connectivity index (χ0v) is 19.7. The molecule has 0 unspecified atom stereocenters. The van der Waals surface area contributed by atoms with Gasteiger partial charge in [0.05, 0.1) is 0 Å². The number of nitrogens with one attached hydrogen (secondary N) is 1. The molecule has 0 bridgehead atoms. The molecule has 0 spiro atoms.